The number of hydrogen-bond donors (Lipinski definition) is 1. The number of carbonyl (C=O) groups excluding carboxylic acids is 2. The van der Waals surface area contributed by atoms with Crippen LogP contribution in [0.15, 0.2) is 18.2 Å². The van der Waals surface area contributed by atoms with Gasteiger partial charge < -0.3 is 15.0 Å². The van der Waals surface area contributed by atoms with Crippen LogP contribution in [-0.4, -0.2) is 43.0 Å². The predicted octanol–water partition coefficient (Wildman–Crippen LogP) is 3.53. The Morgan fingerprint density at radius 2 is 1.81 bits per heavy atom. The number of alkyl halides is 3. The number of hydrogen-bond acceptors (Lipinski definition) is 6. The highest BCUT2D eigenvalue weighted by Gasteiger charge is 2.37. The number of amides is 1. The summed E-state index contributed by atoms with van der Waals surface area (Å²) in [6.07, 6.45) is -4.01. The molecule has 1 aromatic rings. The van der Waals surface area contributed by atoms with Crippen molar-refractivity contribution < 1.29 is 32.4 Å². The van der Waals surface area contributed by atoms with Crippen LogP contribution in [0.1, 0.15) is 39.2 Å². The van der Waals surface area contributed by atoms with Gasteiger partial charge in [-0.25, -0.2) is 4.79 Å². The smallest absolute Gasteiger partial charge is 0.416 e. The van der Waals surface area contributed by atoms with Crippen LogP contribution in [0.2, 0.25) is 0 Å². The highest BCUT2D eigenvalue weighted by atomic mass is 19.4. The van der Waals surface area contributed by atoms with E-state index in [9.17, 15) is 32.9 Å². The van der Waals surface area contributed by atoms with Crippen LogP contribution in [0.3, 0.4) is 0 Å². The Morgan fingerprint density at radius 3 is 2.26 bits per heavy atom. The molecule has 1 amide bonds. The van der Waals surface area contributed by atoms with Gasteiger partial charge in [0.2, 0.25) is 5.91 Å². The quantitative estimate of drug-likeness (QED) is 0.423. The summed E-state index contributed by atoms with van der Waals surface area (Å²) in [5.74, 6) is -1.31. The molecule has 2 rings (SSSR count). The first-order valence-electron chi connectivity index (χ1n) is 9.74. The third-order valence-electron chi connectivity index (χ3n) is 5.30. The summed E-state index contributed by atoms with van der Waals surface area (Å²) in [5, 5.41) is 14.0. The Balaban J connectivity index is 2.11. The molecular weight excluding hydrogens is 419 g/mol. The van der Waals surface area contributed by atoms with E-state index in [1.165, 1.54) is 7.11 Å². The van der Waals surface area contributed by atoms with E-state index < -0.39 is 45.7 Å². The third-order valence-corrected chi connectivity index (χ3v) is 5.30. The molecule has 0 saturated carbocycles. The summed E-state index contributed by atoms with van der Waals surface area (Å²) < 4.78 is 43.5. The molecule has 8 nitrogen and oxygen atoms in total. The minimum atomic E-state index is -4.68. The summed E-state index contributed by atoms with van der Waals surface area (Å²) in [6.45, 7) is 5.88. The Bertz CT molecular complexity index is 843. The lowest BCUT2D eigenvalue weighted by Crippen LogP contribution is -2.52. The van der Waals surface area contributed by atoms with E-state index in [0.717, 1.165) is 12.1 Å². The van der Waals surface area contributed by atoms with E-state index in [0.29, 0.717) is 18.9 Å². The van der Waals surface area contributed by atoms with E-state index in [-0.39, 0.29) is 24.7 Å². The zero-order chi connectivity index (χ0) is 23.6. The maximum absolute atomic E-state index is 12.9. The lowest BCUT2D eigenvalue weighted by molar-refractivity contribution is -0.384. The molecule has 1 atom stereocenters. The van der Waals surface area contributed by atoms with Crippen LogP contribution in [0, 0.1) is 21.4 Å². The standard InChI is InChI=1S/C20H26F3N3O5/c1-19(2,3)16(18(28)31-4)24-17(27)12-7-9-25(10-8-12)14-6-5-13(20(21,22)23)11-15(14)26(29)30/h5-6,11-12,16H,7-10H2,1-4H3,(H,24,27)/t16-/m1/s1. The number of benzene rings is 1. The monoisotopic (exact) mass is 445 g/mol. The number of esters is 1. The van der Waals surface area contributed by atoms with E-state index in [1.54, 1.807) is 25.7 Å². The van der Waals surface area contributed by atoms with E-state index >= 15 is 0 Å². The van der Waals surface area contributed by atoms with Crippen molar-refractivity contribution in [2.24, 2.45) is 11.3 Å². The molecule has 0 aromatic heterocycles. The van der Waals surface area contributed by atoms with Crippen molar-refractivity contribution in [1.29, 1.82) is 0 Å². The van der Waals surface area contributed by atoms with Gasteiger partial charge in [0.1, 0.15) is 11.7 Å². The second-order valence-electron chi connectivity index (χ2n) is 8.55. The van der Waals surface area contributed by atoms with Crippen molar-refractivity contribution in [1.82, 2.24) is 5.32 Å². The Kier molecular flexibility index (Phi) is 7.17. The molecule has 1 N–H and O–H groups in total. The summed E-state index contributed by atoms with van der Waals surface area (Å²) in [6, 6.07) is 1.59. The zero-order valence-electron chi connectivity index (χ0n) is 17.8. The SMILES string of the molecule is COC(=O)[C@@H](NC(=O)C1CCN(c2ccc(C(F)(F)F)cc2[N+](=O)[O-])CC1)C(C)(C)C. The topological polar surface area (TPSA) is 102 Å². The van der Waals surface area contributed by atoms with Crippen molar-refractivity contribution >= 4 is 23.3 Å². The molecule has 172 valence electrons. The molecule has 11 heteroatoms. The molecule has 0 spiro atoms. The summed E-state index contributed by atoms with van der Waals surface area (Å²) in [5.41, 5.74) is -2.20. The van der Waals surface area contributed by atoms with Crippen LogP contribution >= 0.6 is 0 Å². The minimum absolute atomic E-state index is 0.0824. The molecule has 1 heterocycles. The lowest BCUT2D eigenvalue weighted by atomic mass is 9.85. The summed E-state index contributed by atoms with van der Waals surface area (Å²) in [4.78, 5) is 36.8. The number of rotatable bonds is 5. The van der Waals surface area contributed by atoms with Gasteiger partial charge in [-0.2, -0.15) is 13.2 Å². The number of nitrogens with one attached hydrogen (secondary N) is 1. The van der Waals surface area contributed by atoms with Gasteiger partial charge in [-0.3, -0.25) is 14.9 Å². The van der Waals surface area contributed by atoms with E-state index in [4.69, 9.17) is 4.74 Å². The van der Waals surface area contributed by atoms with Gasteiger partial charge in [0.25, 0.3) is 5.69 Å². The Labute approximate surface area is 177 Å². The molecule has 1 fully saturated rings. The van der Waals surface area contributed by atoms with Crippen molar-refractivity contribution in [3.05, 3.63) is 33.9 Å². The number of ether oxygens (including phenoxy) is 1. The van der Waals surface area contributed by atoms with Crippen molar-refractivity contribution in [2.45, 2.75) is 45.8 Å². The molecule has 1 aliphatic rings. The van der Waals surface area contributed by atoms with Gasteiger partial charge >= 0.3 is 12.1 Å². The summed E-state index contributed by atoms with van der Waals surface area (Å²) >= 11 is 0. The number of halogens is 3. The van der Waals surface area contributed by atoms with Gasteiger partial charge in [0.05, 0.1) is 17.6 Å². The molecule has 0 bridgehead atoms. The molecule has 31 heavy (non-hydrogen) atoms. The van der Waals surface area contributed by atoms with Crippen LogP contribution in [-0.2, 0) is 20.5 Å². The predicted molar refractivity (Wildman–Crippen MR) is 106 cm³/mol. The van der Waals surface area contributed by atoms with Crippen LogP contribution in [0.4, 0.5) is 24.5 Å². The number of piperidine rings is 1. The lowest BCUT2D eigenvalue weighted by Gasteiger charge is -2.35. The van der Waals surface area contributed by atoms with Gasteiger partial charge in [-0.15, -0.1) is 0 Å². The molecule has 0 unspecified atom stereocenters. The number of carbonyl (C=O) groups is 2. The van der Waals surface area contributed by atoms with Crippen LogP contribution < -0.4 is 10.2 Å². The average Bonchev–Trinajstić information content (AvgIpc) is 2.69. The number of methoxy groups -OCH3 is 1. The molecule has 1 aromatic carbocycles. The first-order valence-corrected chi connectivity index (χ1v) is 9.74. The Morgan fingerprint density at radius 1 is 1.23 bits per heavy atom. The number of nitrogens with zero attached hydrogens (tertiary/aromatic N) is 2. The average molecular weight is 445 g/mol. The normalized spacial score (nSPS) is 16.5. The van der Waals surface area contributed by atoms with Crippen molar-refractivity contribution in [2.75, 3.05) is 25.1 Å². The fourth-order valence-electron chi connectivity index (χ4n) is 3.50. The second-order valence-corrected chi connectivity index (χ2v) is 8.55. The largest absolute Gasteiger partial charge is 0.467 e. The molecule has 1 saturated heterocycles. The fourth-order valence-corrected chi connectivity index (χ4v) is 3.50. The van der Waals surface area contributed by atoms with Crippen molar-refractivity contribution in [3.8, 4) is 0 Å². The van der Waals surface area contributed by atoms with Crippen molar-refractivity contribution in [3.63, 3.8) is 0 Å². The van der Waals surface area contributed by atoms with Gasteiger partial charge in [0.15, 0.2) is 0 Å². The number of nitro groups is 1. The van der Waals surface area contributed by atoms with E-state index in [1.807, 2.05) is 0 Å². The maximum Gasteiger partial charge on any atom is 0.416 e. The zero-order valence-corrected chi connectivity index (χ0v) is 17.8. The highest BCUT2D eigenvalue weighted by Crippen LogP contribution is 2.37. The molecule has 0 aliphatic carbocycles. The second kappa shape index (κ2) is 9.11. The highest BCUT2D eigenvalue weighted by molar-refractivity contribution is 5.86. The van der Waals surface area contributed by atoms with Gasteiger partial charge in [-0.1, -0.05) is 20.8 Å². The number of anilines is 1. The molecule has 0 radical (unpaired) electrons. The summed E-state index contributed by atoms with van der Waals surface area (Å²) in [7, 11) is 1.24. The Hall–Kier alpha value is -2.85. The first-order chi connectivity index (χ1) is 14.3. The van der Waals surface area contributed by atoms with Gasteiger partial charge in [0, 0.05) is 25.1 Å². The molecular formula is C20H26F3N3O5. The maximum atomic E-state index is 12.9. The van der Waals surface area contributed by atoms with Gasteiger partial charge in [-0.05, 0) is 30.4 Å². The number of nitro benzene ring substituents is 1. The van der Waals surface area contributed by atoms with E-state index in [2.05, 4.69) is 5.32 Å². The van der Waals surface area contributed by atoms with Crippen LogP contribution in [0.25, 0.3) is 0 Å². The van der Waals surface area contributed by atoms with Crippen LogP contribution in [0.5, 0.6) is 0 Å². The first kappa shape index (κ1) is 24.4. The fraction of sp³-hybridized carbons (Fsp3) is 0.600. The third kappa shape index (κ3) is 5.86. The molecule has 1 aliphatic heterocycles. The minimum Gasteiger partial charge on any atom is -0.467 e.